The van der Waals surface area contributed by atoms with Crippen LogP contribution in [0, 0.1) is 13.8 Å². The van der Waals surface area contributed by atoms with E-state index < -0.39 is 12.0 Å². The molecule has 0 aliphatic carbocycles. The predicted octanol–water partition coefficient (Wildman–Crippen LogP) is 6.27. The van der Waals surface area contributed by atoms with Crippen molar-refractivity contribution in [1.82, 2.24) is 4.90 Å². The number of hydrogen-bond donors (Lipinski definition) is 2. The minimum Gasteiger partial charge on any atom is -0.497 e. The van der Waals surface area contributed by atoms with E-state index in [0.717, 1.165) is 28.0 Å². The Morgan fingerprint density at radius 2 is 1.38 bits per heavy atom. The van der Waals surface area contributed by atoms with E-state index in [9.17, 15) is 9.90 Å². The van der Waals surface area contributed by atoms with E-state index in [2.05, 4.69) is 49.1 Å². The maximum absolute atomic E-state index is 11.5. The lowest BCUT2D eigenvalue weighted by atomic mass is 10.1. The minimum absolute atomic E-state index is 0.303. The molecule has 0 aliphatic heterocycles. The molecule has 0 spiro atoms. The molecule has 220 valence electrons. The van der Waals surface area contributed by atoms with Crippen molar-refractivity contribution in [2.24, 2.45) is 5.73 Å². The molecule has 0 heterocycles. The van der Waals surface area contributed by atoms with Crippen molar-refractivity contribution in [2.75, 3.05) is 13.7 Å². The quantitative estimate of drug-likeness (QED) is 0.174. The molecule has 0 fully saturated rings. The maximum Gasteiger partial charge on any atom is 0.320 e. The fourth-order valence-electron chi connectivity index (χ4n) is 4.77. The van der Waals surface area contributed by atoms with Crippen molar-refractivity contribution in [2.45, 2.75) is 52.6 Å². The van der Waals surface area contributed by atoms with Gasteiger partial charge in [0.2, 0.25) is 0 Å². The summed E-state index contributed by atoms with van der Waals surface area (Å²) in [6, 6.07) is 29.3. The van der Waals surface area contributed by atoms with Gasteiger partial charge in [0.25, 0.3) is 0 Å². The summed E-state index contributed by atoms with van der Waals surface area (Å²) in [6.45, 7) is 6.53. The summed E-state index contributed by atoms with van der Waals surface area (Å²) in [7, 11) is 1.63. The van der Waals surface area contributed by atoms with Crippen LogP contribution in [0.1, 0.15) is 39.8 Å². The third kappa shape index (κ3) is 9.09. The van der Waals surface area contributed by atoms with Gasteiger partial charge in [0.15, 0.2) is 0 Å². The molecule has 4 aromatic rings. The minimum atomic E-state index is -1.01. The fraction of sp³-hybridized carbons (Fsp3) is 0.286. The average molecular weight is 569 g/mol. The summed E-state index contributed by atoms with van der Waals surface area (Å²) in [5.41, 5.74) is 12.4. The number of hydrogen-bond acceptors (Lipinski definition) is 6. The third-order valence-corrected chi connectivity index (χ3v) is 7.06. The zero-order valence-electron chi connectivity index (χ0n) is 24.6. The largest absolute Gasteiger partial charge is 0.497 e. The van der Waals surface area contributed by atoms with Gasteiger partial charge in [0, 0.05) is 36.8 Å². The van der Waals surface area contributed by atoms with Crippen molar-refractivity contribution >= 4 is 5.97 Å². The van der Waals surface area contributed by atoms with Crippen LogP contribution in [-0.4, -0.2) is 35.7 Å². The number of para-hydroxylation sites is 1. The van der Waals surface area contributed by atoms with Crippen LogP contribution in [0.15, 0.2) is 91.0 Å². The van der Waals surface area contributed by atoms with Crippen LogP contribution < -0.4 is 19.9 Å². The Morgan fingerprint density at radius 3 is 1.98 bits per heavy atom. The molecular weight excluding hydrogens is 528 g/mol. The summed E-state index contributed by atoms with van der Waals surface area (Å²) in [4.78, 5) is 13.7. The van der Waals surface area contributed by atoms with Crippen LogP contribution in [0.2, 0.25) is 0 Å². The van der Waals surface area contributed by atoms with Gasteiger partial charge in [-0.2, -0.15) is 0 Å². The Hall–Kier alpha value is -4.33. The molecule has 4 rings (SSSR count). The van der Waals surface area contributed by atoms with Crippen LogP contribution >= 0.6 is 0 Å². The van der Waals surface area contributed by atoms with Crippen molar-refractivity contribution in [3.8, 4) is 17.2 Å². The van der Waals surface area contributed by atoms with Gasteiger partial charge in [0.05, 0.1) is 7.11 Å². The van der Waals surface area contributed by atoms with E-state index in [1.807, 2.05) is 60.7 Å². The van der Waals surface area contributed by atoms with Crippen molar-refractivity contribution in [1.29, 1.82) is 0 Å². The highest BCUT2D eigenvalue weighted by Gasteiger charge is 2.18. The first-order valence-corrected chi connectivity index (χ1v) is 14.1. The predicted molar refractivity (Wildman–Crippen MR) is 165 cm³/mol. The average Bonchev–Trinajstić information content (AvgIpc) is 2.98. The van der Waals surface area contributed by atoms with E-state index in [0.29, 0.717) is 50.8 Å². The van der Waals surface area contributed by atoms with Gasteiger partial charge in [-0.25, -0.2) is 0 Å². The molecule has 1 atom stereocenters. The normalized spacial score (nSPS) is 11.7. The molecule has 4 aromatic carbocycles. The molecular formula is C35H40N2O5. The number of nitrogens with zero attached hydrogens (tertiary/aromatic N) is 1. The molecule has 0 saturated carbocycles. The number of aryl methyl sites for hydroxylation is 2. The van der Waals surface area contributed by atoms with E-state index in [1.165, 1.54) is 11.1 Å². The first-order valence-electron chi connectivity index (χ1n) is 14.1. The summed E-state index contributed by atoms with van der Waals surface area (Å²) >= 11 is 0. The molecule has 7 nitrogen and oxygen atoms in total. The molecule has 3 N–H and O–H groups in total. The molecule has 42 heavy (non-hydrogen) atoms. The Kier molecular flexibility index (Phi) is 11.0. The van der Waals surface area contributed by atoms with E-state index in [4.69, 9.17) is 19.9 Å². The van der Waals surface area contributed by atoms with Gasteiger partial charge >= 0.3 is 5.97 Å². The van der Waals surface area contributed by atoms with Crippen LogP contribution in [0.25, 0.3) is 0 Å². The molecule has 0 radical (unpaired) electrons. The summed E-state index contributed by atoms with van der Waals surface area (Å²) in [6.07, 6.45) is 0.303. The van der Waals surface area contributed by atoms with Crippen molar-refractivity contribution < 1.29 is 24.1 Å². The maximum atomic E-state index is 11.5. The van der Waals surface area contributed by atoms with Crippen LogP contribution in [0.5, 0.6) is 17.2 Å². The van der Waals surface area contributed by atoms with Gasteiger partial charge < -0.3 is 25.1 Å². The number of carboxylic acids is 1. The number of rotatable bonds is 15. The topological polar surface area (TPSA) is 94.3 Å². The van der Waals surface area contributed by atoms with Crippen molar-refractivity contribution in [3.63, 3.8) is 0 Å². The smallest absolute Gasteiger partial charge is 0.320 e. The first-order chi connectivity index (χ1) is 20.3. The van der Waals surface area contributed by atoms with Crippen LogP contribution in [0.4, 0.5) is 0 Å². The lowest BCUT2D eigenvalue weighted by Gasteiger charge is -2.26. The SMILES string of the molecule is COc1ccc(CN(CC[C@H](N)C(=O)O)Cc2ccccc2OCc2cccc(C)c2)c(OCc2cccc(C)c2)c1. The Balaban J connectivity index is 1.55. The molecule has 0 saturated heterocycles. The fourth-order valence-corrected chi connectivity index (χ4v) is 4.77. The summed E-state index contributed by atoms with van der Waals surface area (Å²) in [5.74, 6) is 1.19. The van der Waals surface area contributed by atoms with Gasteiger partial charge in [-0.15, -0.1) is 0 Å². The number of methoxy groups -OCH3 is 1. The van der Waals surface area contributed by atoms with Gasteiger partial charge in [0.1, 0.15) is 36.5 Å². The van der Waals surface area contributed by atoms with Gasteiger partial charge in [-0.1, -0.05) is 83.9 Å². The highest BCUT2D eigenvalue weighted by molar-refractivity contribution is 5.73. The highest BCUT2D eigenvalue weighted by atomic mass is 16.5. The van der Waals surface area contributed by atoms with Gasteiger partial charge in [-0.05, 0) is 43.5 Å². The second-order valence-electron chi connectivity index (χ2n) is 10.6. The molecule has 0 aliphatic rings. The summed E-state index contributed by atoms with van der Waals surface area (Å²) in [5, 5.41) is 9.42. The Morgan fingerprint density at radius 1 is 0.786 bits per heavy atom. The molecule has 0 aromatic heterocycles. The monoisotopic (exact) mass is 568 g/mol. The molecule has 0 bridgehead atoms. The number of ether oxygens (including phenoxy) is 3. The Bertz CT molecular complexity index is 1470. The molecule has 0 unspecified atom stereocenters. The number of nitrogens with two attached hydrogens (primary N) is 1. The standard InChI is InChI=1S/C35H40N2O5/c1-25-8-6-10-27(18-25)23-41-33-13-5-4-12-29(33)21-37(17-16-32(36)35(38)39)22-30-14-15-31(40-3)20-34(30)42-24-28-11-7-9-26(2)19-28/h4-15,18-20,32H,16-17,21-24,36H2,1-3H3,(H,38,39)/t32-/m0/s1. The molecule has 7 heteroatoms. The highest BCUT2D eigenvalue weighted by Crippen LogP contribution is 2.29. The number of aliphatic carboxylic acids is 1. The van der Waals surface area contributed by atoms with Crippen LogP contribution in [-0.2, 0) is 31.1 Å². The summed E-state index contributed by atoms with van der Waals surface area (Å²) < 4.78 is 18.0. The van der Waals surface area contributed by atoms with E-state index >= 15 is 0 Å². The number of carboxylic acid groups (broad SMARTS) is 1. The molecule has 0 amide bonds. The van der Waals surface area contributed by atoms with Crippen molar-refractivity contribution in [3.05, 3.63) is 124 Å². The van der Waals surface area contributed by atoms with E-state index in [-0.39, 0.29) is 0 Å². The second-order valence-corrected chi connectivity index (χ2v) is 10.6. The second kappa shape index (κ2) is 15.1. The Labute approximate surface area is 248 Å². The first kappa shape index (κ1) is 30.6. The third-order valence-electron chi connectivity index (χ3n) is 7.06. The zero-order valence-corrected chi connectivity index (χ0v) is 24.6. The lowest BCUT2D eigenvalue weighted by Crippen LogP contribution is -2.35. The number of carbonyl (C=O) groups is 1. The van der Waals surface area contributed by atoms with Gasteiger partial charge in [-0.3, -0.25) is 9.69 Å². The number of benzene rings is 4. The zero-order chi connectivity index (χ0) is 29.9. The van der Waals surface area contributed by atoms with Crippen LogP contribution in [0.3, 0.4) is 0 Å². The van der Waals surface area contributed by atoms with E-state index in [1.54, 1.807) is 7.11 Å². The lowest BCUT2D eigenvalue weighted by molar-refractivity contribution is -0.138.